The number of nitrogens with zero attached hydrogens (tertiary/aromatic N) is 3. The van der Waals surface area contributed by atoms with Crippen molar-refractivity contribution in [3.63, 3.8) is 0 Å². The normalized spacial score (nSPS) is 12.7. The number of carbonyl (C=O) groups is 1. The van der Waals surface area contributed by atoms with Crippen molar-refractivity contribution in [2.45, 2.75) is 31.5 Å². The van der Waals surface area contributed by atoms with Gasteiger partial charge in [-0.2, -0.15) is 11.8 Å². The van der Waals surface area contributed by atoms with Crippen LogP contribution in [-0.2, 0) is 4.79 Å². The highest BCUT2D eigenvalue weighted by atomic mass is 32.2. The molecule has 0 bridgehead atoms. The zero-order chi connectivity index (χ0) is 15.2. The van der Waals surface area contributed by atoms with E-state index in [4.69, 9.17) is 5.11 Å². The molecule has 2 heterocycles. The minimum atomic E-state index is -0.833. The number of hydrogen-bond donors (Lipinski definition) is 1. The van der Waals surface area contributed by atoms with Gasteiger partial charge in [-0.25, -0.2) is 9.97 Å². The highest BCUT2D eigenvalue weighted by Crippen LogP contribution is 2.28. The van der Waals surface area contributed by atoms with E-state index in [0.717, 1.165) is 34.2 Å². The highest BCUT2D eigenvalue weighted by molar-refractivity contribution is 7.99. The van der Waals surface area contributed by atoms with Crippen LogP contribution in [0.1, 0.15) is 26.3 Å². The summed E-state index contributed by atoms with van der Waals surface area (Å²) in [6, 6.07) is 4.01. The molecule has 0 amide bonds. The van der Waals surface area contributed by atoms with Crippen LogP contribution in [0.15, 0.2) is 23.5 Å². The lowest BCUT2D eigenvalue weighted by Crippen LogP contribution is -2.09. The second-order valence-corrected chi connectivity index (χ2v) is 6.96. The maximum atomic E-state index is 10.8. The average Bonchev–Trinajstić information content (AvgIpc) is 2.83. The zero-order valence-electron chi connectivity index (χ0n) is 12.2. The summed E-state index contributed by atoms with van der Waals surface area (Å²) in [5.41, 5.74) is 1.65. The van der Waals surface area contributed by atoms with Crippen molar-refractivity contribution in [2.75, 3.05) is 17.3 Å². The molecule has 21 heavy (non-hydrogen) atoms. The van der Waals surface area contributed by atoms with E-state index in [2.05, 4.69) is 28.4 Å². The Labute approximate surface area is 132 Å². The predicted molar refractivity (Wildman–Crippen MR) is 88.2 cm³/mol. The van der Waals surface area contributed by atoms with Gasteiger partial charge in [0.25, 0.3) is 0 Å². The van der Waals surface area contributed by atoms with Gasteiger partial charge in [-0.3, -0.25) is 4.79 Å². The van der Waals surface area contributed by atoms with Gasteiger partial charge in [0.05, 0.1) is 5.75 Å². The number of fused-ring (bicyclic) bond motifs is 1. The first kappa shape index (κ1) is 16.2. The summed E-state index contributed by atoms with van der Waals surface area (Å²) in [4.78, 5) is 19.7. The SMILES string of the molecule is CCSCCC(C)n1c(SCC(=O)O)nc2cccnc21. The van der Waals surface area contributed by atoms with Crippen LogP contribution in [0, 0.1) is 0 Å². The van der Waals surface area contributed by atoms with Crippen LogP contribution in [0.5, 0.6) is 0 Å². The molecule has 114 valence electrons. The minimum Gasteiger partial charge on any atom is -0.481 e. The number of carboxylic acids is 1. The summed E-state index contributed by atoms with van der Waals surface area (Å²) in [5.74, 6) is 1.37. The lowest BCUT2D eigenvalue weighted by Gasteiger charge is -2.16. The van der Waals surface area contributed by atoms with Crippen molar-refractivity contribution in [1.82, 2.24) is 14.5 Å². The van der Waals surface area contributed by atoms with E-state index in [9.17, 15) is 4.79 Å². The number of rotatable bonds is 8. The quantitative estimate of drug-likeness (QED) is 0.593. The Kier molecular flexibility index (Phi) is 5.93. The smallest absolute Gasteiger partial charge is 0.313 e. The van der Waals surface area contributed by atoms with Crippen LogP contribution in [-0.4, -0.2) is 42.9 Å². The average molecular weight is 325 g/mol. The molecule has 0 aromatic carbocycles. The Morgan fingerprint density at radius 2 is 2.33 bits per heavy atom. The Balaban J connectivity index is 2.28. The van der Waals surface area contributed by atoms with Crippen LogP contribution < -0.4 is 0 Å². The minimum absolute atomic E-state index is 0.0136. The van der Waals surface area contributed by atoms with Gasteiger partial charge in [-0.1, -0.05) is 18.7 Å². The van der Waals surface area contributed by atoms with Crippen molar-refractivity contribution in [2.24, 2.45) is 0 Å². The third-order valence-electron chi connectivity index (χ3n) is 3.07. The largest absolute Gasteiger partial charge is 0.481 e. The Morgan fingerprint density at radius 3 is 3.05 bits per heavy atom. The number of aliphatic carboxylic acids is 1. The van der Waals surface area contributed by atoms with Crippen LogP contribution >= 0.6 is 23.5 Å². The summed E-state index contributed by atoms with van der Waals surface area (Å²) in [5, 5.41) is 9.61. The first-order chi connectivity index (χ1) is 10.1. The molecule has 7 heteroatoms. The first-order valence-corrected chi connectivity index (χ1v) is 9.02. The van der Waals surface area contributed by atoms with Gasteiger partial charge >= 0.3 is 5.97 Å². The molecule has 5 nitrogen and oxygen atoms in total. The van der Waals surface area contributed by atoms with E-state index in [1.807, 2.05) is 23.9 Å². The topological polar surface area (TPSA) is 68.0 Å². The standard InChI is InChI=1S/C14H19N3O2S2/c1-3-20-8-6-10(2)17-13-11(5-4-7-15-13)16-14(17)21-9-12(18)19/h4-5,7,10H,3,6,8-9H2,1-2H3,(H,18,19). The molecule has 1 N–H and O–H groups in total. The van der Waals surface area contributed by atoms with Gasteiger partial charge in [0.15, 0.2) is 10.8 Å². The molecule has 1 atom stereocenters. The molecule has 1 unspecified atom stereocenters. The Morgan fingerprint density at radius 1 is 1.52 bits per heavy atom. The maximum Gasteiger partial charge on any atom is 0.313 e. The molecule has 2 rings (SSSR count). The summed E-state index contributed by atoms with van der Waals surface area (Å²) in [6.45, 7) is 4.29. The second-order valence-electron chi connectivity index (χ2n) is 4.63. The molecule has 0 fully saturated rings. The third kappa shape index (κ3) is 4.14. The van der Waals surface area contributed by atoms with Gasteiger partial charge < -0.3 is 9.67 Å². The van der Waals surface area contributed by atoms with E-state index in [1.54, 1.807) is 6.20 Å². The van der Waals surface area contributed by atoms with E-state index < -0.39 is 5.97 Å². The number of imidazole rings is 1. The molecule has 2 aromatic rings. The third-order valence-corrected chi connectivity index (χ3v) is 4.94. The summed E-state index contributed by atoms with van der Waals surface area (Å²) >= 11 is 3.16. The van der Waals surface area contributed by atoms with Crippen LogP contribution in [0.25, 0.3) is 11.2 Å². The molecule has 0 saturated heterocycles. The highest BCUT2D eigenvalue weighted by Gasteiger charge is 2.17. The van der Waals surface area contributed by atoms with Crippen LogP contribution in [0.2, 0.25) is 0 Å². The second kappa shape index (κ2) is 7.70. The van der Waals surface area contributed by atoms with Gasteiger partial charge in [-0.05, 0) is 37.0 Å². The maximum absolute atomic E-state index is 10.8. The van der Waals surface area contributed by atoms with E-state index in [1.165, 1.54) is 11.8 Å². The van der Waals surface area contributed by atoms with E-state index in [0.29, 0.717) is 0 Å². The number of carboxylic acid groups (broad SMARTS) is 1. The Bertz CT molecular complexity index is 615. The number of pyridine rings is 1. The van der Waals surface area contributed by atoms with Crippen molar-refractivity contribution < 1.29 is 9.90 Å². The Hall–Kier alpha value is -1.21. The zero-order valence-corrected chi connectivity index (χ0v) is 13.8. The number of aromatic nitrogens is 3. The van der Waals surface area contributed by atoms with Gasteiger partial charge in [0.2, 0.25) is 0 Å². The molecule has 0 aliphatic heterocycles. The van der Waals surface area contributed by atoms with Gasteiger partial charge in [-0.15, -0.1) is 0 Å². The molecule has 0 saturated carbocycles. The summed E-state index contributed by atoms with van der Waals surface area (Å²) in [7, 11) is 0. The fourth-order valence-electron chi connectivity index (χ4n) is 2.06. The molecular weight excluding hydrogens is 306 g/mol. The van der Waals surface area contributed by atoms with Crippen LogP contribution in [0.4, 0.5) is 0 Å². The predicted octanol–water partition coefficient (Wildman–Crippen LogP) is 3.31. The lowest BCUT2D eigenvalue weighted by atomic mass is 10.2. The molecular formula is C14H19N3O2S2. The fourth-order valence-corrected chi connectivity index (χ4v) is 3.68. The van der Waals surface area contributed by atoms with E-state index in [-0.39, 0.29) is 11.8 Å². The van der Waals surface area contributed by atoms with Gasteiger partial charge in [0.1, 0.15) is 5.52 Å². The van der Waals surface area contributed by atoms with Crippen molar-refractivity contribution in [3.05, 3.63) is 18.3 Å². The van der Waals surface area contributed by atoms with Crippen LogP contribution in [0.3, 0.4) is 0 Å². The molecule has 0 spiro atoms. The molecule has 0 aliphatic carbocycles. The summed E-state index contributed by atoms with van der Waals surface area (Å²) < 4.78 is 2.07. The van der Waals surface area contributed by atoms with Crippen molar-refractivity contribution in [1.29, 1.82) is 0 Å². The molecule has 0 radical (unpaired) electrons. The van der Waals surface area contributed by atoms with Crippen molar-refractivity contribution in [3.8, 4) is 0 Å². The van der Waals surface area contributed by atoms with E-state index >= 15 is 0 Å². The number of thioether (sulfide) groups is 2. The molecule has 2 aromatic heterocycles. The first-order valence-electron chi connectivity index (χ1n) is 6.88. The van der Waals surface area contributed by atoms with Gasteiger partial charge in [0, 0.05) is 12.2 Å². The van der Waals surface area contributed by atoms with Crippen molar-refractivity contribution >= 4 is 40.7 Å². The fraction of sp³-hybridized carbons (Fsp3) is 0.500. The monoisotopic (exact) mass is 325 g/mol. The number of hydrogen-bond acceptors (Lipinski definition) is 5. The lowest BCUT2D eigenvalue weighted by molar-refractivity contribution is -0.133. The molecule has 0 aliphatic rings. The summed E-state index contributed by atoms with van der Waals surface area (Å²) in [6.07, 6.45) is 2.76.